The van der Waals surface area contributed by atoms with Gasteiger partial charge in [-0.2, -0.15) is 13.2 Å². The van der Waals surface area contributed by atoms with Gasteiger partial charge in [-0.15, -0.1) is 0 Å². The molecule has 0 radical (unpaired) electrons. The summed E-state index contributed by atoms with van der Waals surface area (Å²) in [5.41, 5.74) is 4.92. The van der Waals surface area contributed by atoms with Crippen molar-refractivity contribution < 1.29 is 18.3 Å². The largest absolute Gasteiger partial charge is 0.416 e. The lowest BCUT2D eigenvalue weighted by Gasteiger charge is -2.24. The van der Waals surface area contributed by atoms with Gasteiger partial charge >= 0.3 is 6.18 Å². The standard InChI is InChI=1S/C13H17F3N2O/c1-18-5-4-12(19,8-17)7-9-6-10(13(14,15)16)2-3-11(9)18/h2-3,6,19H,4-5,7-8,17H2,1H3. The van der Waals surface area contributed by atoms with Crippen LogP contribution in [-0.2, 0) is 12.6 Å². The van der Waals surface area contributed by atoms with Crippen molar-refractivity contribution in [2.45, 2.75) is 24.6 Å². The fraction of sp³-hybridized carbons (Fsp3) is 0.538. The Morgan fingerprint density at radius 3 is 2.68 bits per heavy atom. The Kier molecular flexibility index (Phi) is 3.49. The van der Waals surface area contributed by atoms with Gasteiger partial charge in [0.2, 0.25) is 0 Å². The predicted octanol–water partition coefficient (Wildman–Crippen LogP) is 1.78. The first-order valence-corrected chi connectivity index (χ1v) is 6.09. The molecule has 1 heterocycles. The Morgan fingerprint density at radius 1 is 1.42 bits per heavy atom. The number of fused-ring (bicyclic) bond motifs is 1. The molecule has 1 unspecified atom stereocenters. The summed E-state index contributed by atoms with van der Waals surface area (Å²) >= 11 is 0. The van der Waals surface area contributed by atoms with E-state index in [1.54, 1.807) is 7.05 Å². The minimum atomic E-state index is -4.37. The molecule has 19 heavy (non-hydrogen) atoms. The summed E-state index contributed by atoms with van der Waals surface area (Å²) in [6, 6.07) is 3.64. The first kappa shape index (κ1) is 14.1. The number of nitrogens with zero attached hydrogens (tertiary/aromatic N) is 1. The van der Waals surface area contributed by atoms with E-state index in [-0.39, 0.29) is 13.0 Å². The van der Waals surface area contributed by atoms with Gasteiger partial charge in [0, 0.05) is 32.2 Å². The summed E-state index contributed by atoms with van der Waals surface area (Å²) in [7, 11) is 1.80. The van der Waals surface area contributed by atoms with Crippen molar-refractivity contribution in [3.63, 3.8) is 0 Å². The van der Waals surface area contributed by atoms with Gasteiger partial charge in [-0.1, -0.05) is 0 Å². The number of anilines is 1. The average Bonchev–Trinajstić information content (AvgIpc) is 2.46. The molecule has 0 aliphatic carbocycles. The van der Waals surface area contributed by atoms with Crippen LogP contribution in [0.25, 0.3) is 0 Å². The second kappa shape index (κ2) is 4.68. The first-order valence-electron chi connectivity index (χ1n) is 6.09. The third kappa shape index (κ3) is 2.84. The number of halogens is 3. The van der Waals surface area contributed by atoms with Gasteiger partial charge in [0.25, 0.3) is 0 Å². The Labute approximate surface area is 109 Å². The lowest BCUT2D eigenvalue weighted by molar-refractivity contribution is -0.137. The van der Waals surface area contributed by atoms with Gasteiger partial charge in [0.1, 0.15) is 0 Å². The monoisotopic (exact) mass is 274 g/mol. The quantitative estimate of drug-likeness (QED) is 0.820. The average molecular weight is 274 g/mol. The van der Waals surface area contributed by atoms with Crippen molar-refractivity contribution in [2.24, 2.45) is 5.73 Å². The Bertz CT molecular complexity index is 475. The summed E-state index contributed by atoms with van der Waals surface area (Å²) in [4.78, 5) is 1.85. The van der Waals surface area contributed by atoms with Crippen LogP contribution < -0.4 is 10.6 Å². The van der Waals surface area contributed by atoms with Gasteiger partial charge < -0.3 is 15.7 Å². The highest BCUT2D eigenvalue weighted by molar-refractivity contribution is 5.56. The zero-order chi connectivity index (χ0) is 14.3. The number of alkyl halides is 3. The molecule has 1 aliphatic heterocycles. The molecule has 0 bridgehead atoms. The van der Waals surface area contributed by atoms with Crippen molar-refractivity contribution in [1.82, 2.24) is 0 Å². The highest BCUT2D eigenvalue weighted by atomic mass is 19.4. The SMILES string of the molecule is CN1CCC(O)(CN)Cc2cc(C(F)(F)F)ccc21. The molecule has 0 fully saturated rings. The van der Waals surface area contributed by atoms with E-state index in [0.717, 1.165) is 17.8 Å². The summed E-state index contributed by atoms with van der Waals surface area (Å²) in [6.45, 7) is 0.600. The molecular formula is C13H17F3N2O. The van der Waals surface area contributed by atoms with Crippen molar-refractivity contribution in [2.75, 3.05) is 25.0 Å². The maximum atomic E-state index is 12.7. The molecule has 3 N–H and O–H groups in total. The lowest BCUT2D eigenvalue weighted by Crippen LogP contribution is -2.40. The van der Waals surface area contributed by atoms with E-state index in [1.807, 2.05) is 4.90 Å². The third-order valence-electron chi connectivity index (χ3n) is 3.63. The number of nitrogens with two attached hydrogens (primary N) is 1. The maximum absolute atomic E-state index is 12.7. The lowest BCUT2D eigenvalue weighted by atomic mass is 9.91. The van der Waals surface area contributed by atoms with Gasteiger partial charge in [0.15, 0.2) is 0 Å². The van der Waals surface area contributed by atoms with E-state index in [9.17, 15) is 18.3 Å². The number of rotatable bonds is 1. The van der Waals surface area contributed by atoms with Crippen molar-refractivity contribution in [1.29, 1.82) is 0 Å². The Hall–Kier alpha value is -1.27. The first-order chi connectivity index (χ1) is 8.75. The molecule has 106 valence electrons. The van der Waals surface area contributed by atoms with E-state index in [2.05, 4.69) is 0 Å². The third-order valence-corrected chi connectivity index (χ3v) is 3.63. The molecule has 0 spiro atoms. The molecule has 1 aromatic rings. The maximum Gasteiger partial charge on any atom is 0.416 e. The molecular weight excluding hydrogens is 257 g/mol. The normalized spacial score (nSPS) is 24.0. The van der Waals surface area contributed by atoms with Crippen LogP contribution in [0, 0.1) is 0 Å². The molecule has 0 saturated carbocycles. The van der Waals surface area contributed by atoms with E-state index in [0.29, 0.717) is 18.5 Å². The topological polar surface area (TPSA) is 49.5 Å². The van der Waals surface area contributed by atoms with Gasteiger partial charge in [-0.3, -0.25) is 0 Å². The molecule has 2 rings (SSSR count). The zero-order valence-electron chi connectivity index (χ0n) is 10.7. The predicted molar refractivity (Wildman–Crippen MR) is 67.0 cm³/mol. The number of hydrogen-bond donors (Lipinski definition) is 2. The molecule has 1 aromatic carbocycles. The number of benzene rings is 1. The number of aliphatic hydroxyl groups is 1. The van der Waals surface area contributed by atoms with E-state index in [4.69, 9.17) is 5.73 Å². The second-order valence-electron chi connectivity index (χ2n) is 5.12. The molecule has 0 aromatic heterocycles. The van der Waals surface area contributed by atoms with Crippen LogP contribution in [0.1, 0.15) is 17.5 Å². The number of hydrogen-bond acceptors (Lipinski definition) is 3. The van der Waals surface area contributed by atoms with E-state index in [1.165, 1.54) is 6.07 Å². The second-order valence-corrected chi connectivity index (χ2v) is 5.12. The van der Waals surface area contributed by atoms with Crippen molar-refractivity contribution >= 4 is 5.69 Å². The molecule has 6 heteroatoms. The van der Waals surface area contributed by atoms with E-state index >= 15 is 0 Å². The molecule has 0 saturated heterocycles. The molecule has 3 nitrogen and oxygen atoms in total. The van der Waals surface area contributed by atoms with Crippen LogP contribution in [0.15, 0.2) is 18.2 Å². The van der Waals surface area contributed by atoms with Crippen LogP contribution in [0.5, 0.6) is 0 Å². The van der Waals surface area contributed by atoms with Gasteiger partial charge in [0.05, 0.1) is 11.2 Å². The minimum Gasteiger partial charge on any atom is -0.388 e. The van der Waals surface area contributed by atoms with E-state index < -0.39 is 17.3 Å². The smallest absolute Gasteiger partial charge is 0.388 e. The minimum absolute atomic E-state index is 0.0382. The van der Waals surface area contributed by atoms with Crippen LogP contribution in [0.4, 0.5) is 18.9 Å². The molecule has 1 aliphatic rings. The fourth-order valence-corrected chi connectivity index (χ4v) is 2.39. The zero-order valence-corrected chi connectivity index (χ0v) is 10.7. The Morgan fingerprint density at radius 2 is 2.11 bits per heavy atom. The summed E-state index contributed by atoms with van der Waals surface area (Å²) in [5, 5.41) is 10.3. The van der Waals surface area contributed by atoms with Crippen LogP contribution >= 0.6 is 0 Å². The summed E-state index contributed by atoms with van der Waals surface area (Å²) in [6.07, 6.45) is -3.79. The highest BCUT2D eigenvalue weighted by Crippen LogP contribution is 2.36. The summed E-state index contributed by atoms with van der Waals surface area (Å²) < 4.78 is 38.2. The Balaban J connectivity index is 2.46. The fourth-order valence-electron chi connectivity index (χ4n) is 2.39. The van der Waals surface area contributed by atoms with Crippen LogP contribution in [-0.4, -0.2) is 30.8 Å². The van der Waals surface area contributed by atoms with Gasteiger partial charge in [-0.05, 0) is 30.2 Å². The van der Waals surface area contributed by atoms with Crippen LogP contribution in [0.2, 0.25) is 0 Å². The van der Waals surface area contributed by atoms with Crippen molar-refractivity contribution in [3.05, 3.63) is 29.3 Å². The molecule has 1 atom stereocenters. The van der Waals surface area contributed by atoms with Crippen molar-refractivity contribution in [3.8, 4) is 0 Å². The summed E-state index contributed by atoms with van der Waals surface area (Å²) in [5.74, 6) is 0. The molecule has 0 amide bonds. The highest BCUT2D eigenvalue weighted by Gasteiger charge is 2.34. The van der Waals surface area contributed by atoms with Gasteiger partial charge in [-0.25, -0.2) is 0 Å². The van der Waals surface area contributed by atoms with Crippen LogP contribution in [0.3, 0.4) is 0 Å².